The SMILES string of the molecule is CC(C)NC(=O)C(C)N(CCO)Cc1ccccc1. The minimum Gasteiger partial charge on any atom is -0.395 e. The van der Waals surface area contributed by atoms with Crippen LogP contribution < -0.4 is 5.32 Å². The fourth-order valence-electron chi connectivity index (χ4n) is 1.93. The van der Waals surface area contributed by atoms with Gasteiger partial charge in [-0.3, -0.25) is 9.69 Å². The summed E-state index contributed by atoms with van der Waals surface area (Å²) in [6.07, 6.45) is 0. The number of aliphatic hydroxyl groups excluding tert-OH is 1. The molecule has 0 saturated carbocycles. The number of nitrogens with zero attached hydrogens (tertiary/aromatic N) is 1. The van der Waals surface area contributed by atoms with Crippen LogP contribution in [0.1, 0.15) is 26.3 Å². The molecule has 0 aliphatic heterocycles. The number of aliphatic hydroxyl groups is 1. The van der Waals surface area contributed by atoms with Crippen molar-refractivity contribution >= 4 is 5.91 Å². The second-order valence-electron chi connectivity index (χ2n) is 5.02. The van der Waals surface area contributed by atoms with E-state index in [9.17, 15) is 4.79 Å². The Balaban J connectivity index is 2.68. The van der Waals surface area contributed by atoms with Crippen LogP contribution in [-0.4, -0.2) is 41.1 Å². The molecule has 0 aromatic heterocycles. The molecule has 1 aromatic rings. The molecule has 1 aromatic carbocycles. The van der Waals surface area contributed by atoms with Crippen LogP contribution in [0.25, 0.3) is 0 Å². The molecule has 2 N–H and O–H groups in total. The van der Waals surface area contributed by atoms with Gasteiger partial charge in [0, 0.05) is 19.1 Å². The second-order valence-corrected chi connectivity index (χ2v) is 5.02. The van der Waals surface area contributed by atoms with E-state index in [-0.39, 0.29) is 24.6 Å². The van der Waals surface area contributed by atoms with E-state index in [2.05, 4.69) is 5.32 Å². The minimum absolute atomic E-state index is 0.000573. The molecule has 0 aliphatic carbocycles. The average Bonchev–Trinajstić information content (AvgIpc) is 2.38. The van der Waals surface area contributed by atoms with Crippen LogP contribution in [-0.2, 0) is 11.3 Å². The lowest BCUT2D eigenvalue weighted by atomic mass is 10.1. The van der Waals surface area contributed by atoms with Crippen LogP contribution in [0.15, 0.2) is 30.3 Å². The van der Waals surface area contributed by atoms with Gasteiger partial charge in [0.2, 0.25) is 5.91 Å². The molecule has 0 bridgehead atoms. The molecule has 0 heterocycles. The van der Waals surface area contributed by atoms with Crippen LogP contribution in [0.3, 0.4) is 0 Å². The number of hydrogen-bond donors (Lipinski definition) is 2. The highest BCUT2D eigenvalue weighted by Gasteiger charge is 2.21. The van der Waals surface area contributed by atoms with Crippen LogP contribution in [0.5, 0.6) is 0 Å². The molecule has 0 spiro atoms. The second kappa shape index (κ2) is 7.92. The number of rotatable bonds is 7. The molecule has 0 aliphatic rings. The van der Waals surface area contributed by atoms with Crippen molar-refractivity contribution < 1.29 is 9.90 Å². The fraction of sp³-hybridized carbons (Fsp3) is 0.533. The molecule has 19 heavy (non-hydrogen) atoms. The predicted octanol–water partition coefficient (Wildman–Crippen LogP) is 1.39. The molecule has 4 heteroatoms. The lowest BCUT2D eigenvalue weighted by Gasteiger charge is -2.28. The van der Waals surface area contributed by atoms with Gasteiger partial charge in [0.1, 0.15) is 0 Å². The summed E-state index contributed by atoms with van der Waals surface area (Å²) in [4.78, 5) is 14.0. The zero-order valence-corrected chi connectivity index (χ0v) is 12.0. The maximum absolute atomic E-state index is 12.0. The van der Waals surface area contributed by atoms with Crippen molar-refractivity contribution in [2.75, 3.05) is 13.2 Å². The van der Waals surface area contributed by atoms with Gasteiger partial charge in [-0.1, -0.05) is 30.3 Å². The first-order chi connectivity index (χ1) is 9.04. The molecule has 106 valence electrons. The van der Waals surface area contributed by atoms with Crippen molar-refractivity contribution in [1.29, 1.82) is 0 Å². The van der Waals surface area contributed by atoms with Crippen LogP contribution in [0.2, 0.25) is 0 Å². The summed E-state index contributed by atoms with van der Waals surface area (Å²) < 4.78 is 0. The molecule has 0 saturated heterocycles. The highest BCUT2D eigenvalue weighted by atomic mass is 16.3. The topological polar surface area (TPSA) is 52.6 Å². The highest BCUT2D eigenvalue weighted by molar-refractivity contribution is 5.81. The Morgan fingerprint density at radius 1 is 1.26 bits per heavy atom. The Labute approximate surface area is 115 Å². The van der Waals surface area contributed by atoms with Gasteiger partial charge in [-0.15, -0.1) is 0 Å². The Bertz CT molecular complexity index is 379. The Kier molecular flexibility index (Phi) is 6.53. The number of hydrogen-bond acceptors (Lipinski definition) is 3. The number of carbonyl (C=O) groups is 1. The first-order valence-corrected chi connectivity index (χ1v) is 6.73. The van der Waals surface area contributed by atoms with Gasteiger partial charge in [0.15, 0.2) is 0 Å². The van der Waals surface area contributed by atoms with Crippen molar-refractivity contribution in [2.24, 2.45) is 0 Å². The molecule has 1 rings (SSSR count). The third kappa shape index (κ3) is 5.41. The van der Waals surface area contributed by atoms with E-state index < -0.39 is 0 Å². The molecular weight excluding hydrogens is 240 g/mol. The zero-order chi connectivity index (χ0) is 14.3. The molecular formula is C15H24N2O2. The number of amides is 1. The summed E-state index contributed by atoms with van der Waals surface area (Å²) in [5, 5.41) is 12.1. The van der Waals surface area contributed by atoms with Crippen molar-refractivity contribution in [3.8, 4) is 0 Å². The lowest BCUT2D eigenvalue weighted by Crippen LogP contribution is -2.47. The van der Waals surface area contributed by atoms with Crippen molar-refractivity contribution in [1.82, 2.24) is 10.2 Å². The predicted molar refractivity (Wildman–Crippen MR) is 76.7 cm³/mol. The van der Waals surface area contributed by atoms with Gasteiger partial charge in [0.25, 0.3) is 0 Å². The first-order valence-electron chi connectivity index (χ1n) is 6.73. The Hall–Kier alpha value is -1.39. The van der Waals surface area contributed by atoms with Gasteiger partial charge in [0.05, 0.1) is 12.6 Å². The van der Waals surface area contributed by atoms with Gasteiger partial charge in [-0.05, 0) is 26.3 Å². The maximum atomic E-state index is 12.0. The summed E-state index contributed by atoms with van der Waals surface area (Å²) in [6, 6.07) is 9.85. The summed E-state index contributed by atoms with van der Waals surface area (Å²) in [6.45, 7) is 6.95. The van der Waals surface area contributed by atoms with Gasteiger partial charge in [-0.25, -0.2) is 0 Å². The van der Waals surface area contributed by atoms with Gasteiger partial charge < -0.3 is 10.4 Å². The van der Waals surface area contributed by atoms with Crippen LogP contribution in [0, 0.1) is 0 Å². The number of nitrogens with one attached hydrogen (secondary N) is 1. The fourth-order valence-corrected chi connectivity index (χ4v) is 1.93. The lowest BCUT2D eigenvalue weighted by molar-refractivity contribution is -0.126. The van der Waals surface area contributed by atoms with Crippen molar-refractivity contribution in [2.45, 2.75) is 39.4 Å². The minimum atomic E-state index is -0.255. The van der Waals surface area contributed by atoms with E-state index in [4.69, 9.17) is 5.11 Å². The van der Waals surface area contributed by atoms with Gasteiger partial charge in [-0.2, -0.15) is 0 Å². The maximum Gasteiger partial charge on any atom is 0.237 e. The van der Waals surface area contributed by atoms with Crippen LogP contribution in [0.4, 0.5) is 0 Å². The number of benzene rings is 1. The van der Waals surface area contributed by atoms with Crippen molar-refractivity contribution in [3.63, 3.8) is 0 Å². The van der Waals surface area contributed by atoms with Crippen LogP contribution >= 0.6 is 0 Å². The summed E-state index contributed by atoms with van der Waals surface area (Å²) >= 11 is 0. The van der Waals surface area contributed by atoms with Crippen molar-refractivity contribution in [3.05, 3.63) is 35.9 Å². The molecule has 1 amide bonds. The summed E-state index contributed by atoms with van der Waals surface area (Å²) in [5.41, 5.74) is 1.14. The Morgan fingerprint density at radius 3 is 2.42 bits per heavy atom. The van der Waals surface area contributed by atoms with Gasteiger partial charge >= 0.3 is 0 Å². The van der Waals surface area contributed by atoms with E-state index in [1.165, 1.54) is 0 Å². The smallest absolute Gasteiger partial charge is 0.237 e. The molecule has 0 fully saturated rings. The Morgan fingerprint density at radius 2 is 1.89 bits per heavy atom. The zero-order valence-electron chi connectivity index (χ0n) is 12.0. The van der Waals surface area contributed by atoms with E-state index in [1.807, 2.05) is 56.0 Å². The quantitative estimate of drug-likeness (QED) is 0.782. The monoisotopic (exact) mass is 264 g/mol. The summed E-state index contributed by atoms with van der Waals surface area (Å²) in [5.74, 6) is -0.000573. The number of carbonyl (C=O) groups excluding carboxylic acids is 1. The molecule has 4 nitrogen and oxygen atoms in total. The van der Waals surface area contributed by atoms with E-state index in [0.29, 0.717) is 13.1 Å². The molecule has 1 unspecified atom stereocenters. The largest absolute Gasteiger partial charge is 0.395 e. The normalized spacial score (nSPS) is 12.7. The molecule has 1 atom stereocenters. The third-order valence-corrected chi connectivity index (χ3v) is 2.97. The standard InChI is InChI=1S/C15H24N2O2/c1-12(2)16-15(19)13(3)17(9-10-18)11-14-7-5-4-6-8-14/h4-8,12-13,18H,9-11H2,1-3H3,(H,16,19). The van der Waals surface area contributed by atoms with E-state index in [0.717, 1.165) is 5.56 Å². The summed E-state index contributed by atoms with van der Waals surface area (Å²) in [7, 11) is 0. The molecule has 0 radical (unpaired) electrons. The first kappa shape index (κ1) is 15.7. The highest BCUT2D eigenvalue weighted by Crippen LogP contribution is 2.08. The third-order valence-electron chi connectivity index (χ3n) is 2.97. The average molecular weight is 264 g/mol. The van der Waals surface area contributed by atoms with E-state index in [1.54, 1.807) is 0 Å². The van der Waals surface area contributed by atoms with E-state index >= 15 is 0 Å².